The van der Waals surface area contributed by atoms with Gasteiger partial charge in [-0.2, -0.15) is 0 Å². The fraction of sp³-hybridized carbons (Fsp3) is 0.625. The lowest BCUT2D eigenvalue weighted by Crippen LogP contribution is -2.29. The second kappa shape index (κ2) is 6.51. The van der Waals surface area contributed by atoms with Crippen molar-refractivity contribution in [2.45, 2.75) is 45.1 Å². The third kappa shape index (κ3) is 3.36. The van der Waals surface area contributed by atoms with Gasteiger partial charge in [-0.25, -0.2) is 0 Å². The van der Waals surface area contributed by atoms with E-state index in [9.17, 15) is 0 Å². The standard InChI is InChI=1S/C16H23ClO2/c1-11-7-8-14(9-12(11)2)19-16-13(10-17)5-4-6-15(16)18-3/h4-6,11-12,14H,7-10H2,1-3H3. The van der Waals surface area contributed by atoms with E-state index in [1.54, 1.807) is 7.11 Å². The average molecular weight is 283 g/mol. The summed E-state index contributed by atoms with van der Waals surface area (Å²) in [6.07, 6.45) is 3.74. The van der Waals surface area contributed by atoms with Crippen molar-refractivity contribution in [3.05, 3.63) is 23.8 Å². The molecule has 106 valence electrons. The van der Waals surface area contributed by atoms with E-state index in [1.807, 2.05) is 18.2 Å². The molecule has 1 fully saturated rings. The zero-order valence-corrected chi connectivity index (χ0v) is 12.7. The Morgan fingerprint density at radius 1 is 1.21 bits per heavy atom. The van der Waals surface area contributed by atoms with Gasteiger partial charge in [0, 0.05) is 5.56 Å². The molecular weight excluding hydrogens is 260 g/mol. The zero-order valence-electron chi connectivity index (χ0n) is 12.0. The van der Waals surface area contributed by atoms with Gasteiger partial charge in [0.2, 0.25) is 0 Å². The van der Waals surface area contributed by atoms with Gasteiger partial charge in [-0.1, -0.05) is 26.0 Å². The number of rotatable bonds is 4. The van der Waals surface area contributed by atoms with E-state index in [4.69, 9.17) is 21.1 Å². The van der Waals surface area contributed by atoms with Crippen LogP contribution < -0.4 is 9.47 Å². The SMILES string of the molecule is COc1cccc(CCl)c1OC1CCC(C)C(C)C1. The van der Waals surface area contributed by atoms with Crippen molar-refractivity contribution in [2.24, 2.45) is 11.8 Å². The first-order valence-corrected chi connectivity index (χ1v) is 7.57. The molecule has 0 radical (unpaired) electrons. The Hall–Kier alpha value is -0.890. The molecule has 1 aliphatic rings. The third-order valence-corrected chi connectivity index (χ3v) is 4.55. The monoisotopic (exact) mass is 282 g/mol. The van der Waals surface area contributed by atoms with Crippen LogP contribution in [0, 0.1) is 11.8 Å². The quantitative estimate of drug-likeness (QED) is 0.749. The lowest BCUT2D eigenvalue weighted by molar-refractivity contribution is 0.0969. The molecule has 0 heterocycles. The second-order valence-corrected chi connectivity index (χ2v) is 5.86. The highest BCUT2D eigenvalue weighted by Gasteiger charge is 2.27. The number of halogens is 1. The molecule has 0 N–H and O–H groups in total. The van der Waals surface area contributed by atoms with E-state index >= 15 is 0 Å². The minimum Gasteiger partial charge on any atom is -0.493 e. The summed E-state index contributed by atoms with van der Waals surface area (Å²) in [5.41, 5.74) is 1.01. The van der Waals surface area contributed by atoms with Gasteiger partial charge >= 0.3 is 0 Å². The van der Waals surface area contributed by atoms with Crippen LogP contribution in [0.25, 0.3) is 0 Å². The summed E-state index contributed by atoms with van der Waals surface area (Å²) in [5.74, 6) is 3.57. The van der Waals surface area contributed by atoms with Crippen LogP contribution in [0.15, 0.2) is 18.2 Å². The molecule has 3 heteroatoms. The van der Waals surface area contributed by atoms with Gasteiger partial charge in [-0.3, -0.25) is 0 Å². The highest BCUT2D eigenvalue weighted by molar-refractivity contribution is 6.17. The van der Waals surface area contributed by atoms with Crippen molar-refractivity contribution in [1.82, 2.24) is 0 Å². The van der Waals surface area contributed by atoms with Crippen molar-refractivity contribution in [3.63, 3.8) is 0 Å². The molecule has 3 unspecified atom stereocenters. The lowest BCUT2D eigenvalue weighted by atomic mass is 9.80. The average Bonchev–Trinajstić information content (AvgIpc) is 2.43. The molecule has 1 aromatic carbocycles. The van der Waals surface area contributed by atoms with Gasteiger partial charge in [-0.15, -0.1) is 11.6 Å². The van der Waals surface area contributed by atoms with Crippen LogP contribution in [0.3, 0.4) is 0 Å². The first-order chi connectivity index (χ1) is 9.15. The van der Waals surface area contributed by atoms with Gasteiger partial charge in [-0.05, 0) is 37.2 Å². The summed E-state index contributed by atoms with van der Waals surface area (Å²) in [6.45, 7) is 4.64. The van der Waals surface area contributed by atoms with Crippen LogP contribution in [0.4, 0.5) is 0 Å². The molecule has 3 atom stereocenters. The van der Waals surface area contributed by atoms with Gasteiger partial charge < -0.3 is 9.47 Å². The highest BCUT2D eigenvalue weighted by atomic mass is 35.5. The highest BCUT2D eigenvalue weighted by Crippen LogP contribution is 2.37. The van der Waals surface area contributed by atoms with E-state index < -0.39 is 0 Å². The molecular formula is C16H23ClO2. The predicted octanol–water partition coefficient (Wildman–Crippen LogP) is 4.64. The fourth-order valence-corrected chi connectivity index (χ4v) is 2.94. The van der Waals surface area contributed by atoms with Crippen LogP contribution >= 0.6 is 11.6 Å². The summed E-state index contributed by atoms with van der Waals surface area (Å²) in [5, 5.41) is 0. The smallest absolute Gasteiger partial charge is 0.165 e. The summed E-state index contributed by atoms with van der Waals surface area (Å²) in [7, 11) is 1.67. The van der Waals surface area contributed by atoms with Gasteiger partial charge in [0.15, 0.2) is 11.5 Å². The zero-order chi connectivity index (χ0) is 13.8. The lowest BCUT2D eigenvalue weighted by Gasteiger charge is -2.33. The summed E-state index contributed by atoms with van der Waals surface area (Å²) < 4.78 is 11.6. The molecule has 1 aliphatic carbocycles. The summed E-state index contributed by atoms with van der Waals surface area (Å²) in [4.78, 5) is 0. The Balaban J connectivity index is 2.14. The minimum absolute atomic E-state index is 0.282. The van der Waals surface area contributed by atoms with E-state index in [1.165, 1.54) is 6.42 Å². The topological polar surface area (TPSA) is 18.5 Å². The van der Waals surface area contributed by atoms with Gasteiger partial charge in [0.05, 0.1) is 19.1 Å². The van der Waals surface area contributed by atoms with Crippen LogP contribution in [-0.4, -0.2) is 13.2 Å². The van der Waals surface area contributed by atoms with Crippen LogP contribution in [0.5, 0.6) is 11.5 Å². The van der Waals surface area contributed by atoms with Crippen molar-refractivity contribution >= 4 is 11.6 Å². The summed E-state index contributed by atoms with van der Waals surface area (Å²) >= 11 is 5.99. The number of hydrogen-bond donors (Lipinski definition) is 0. The summed E-state index contributed by atoms with van der Waals surface area (Å²) in [6, 6.07) is 5.88. The van der Waals surface area contributed by atoms with Crippen molar-refractivity contribution < 1.29 is 9.47 Å². The van der Waals surface area contributed by atoms with Crippen LogP contribution in [0.1, 0.15) is 38.7 Å². The van der Waals surface area contributed by atoms with E-state index in [0.29, 0.717) is 11.8 Å². The maximum Gasteiger partial charge on any atom is 0.165 e. The largest absolute Gasteiger partial charge is 0.493 e. The molecule has 0 aliphatic heterocycles. The molecule has 2 nitrogen and oxygen atoms in total. The number of benzene rings is 1. The maximum atomic E-state index is 6.21. The van der Waals surface area contributed by atoms with E-state index in [2.05, 4.69) is 13.8 Å². The van der Waals surface area contributed by atoms with Crippen molar-refractivity contribution in [2.75, 3.05) is 7.11 Å². The Morgan fingerprint density at radius 3 is 2.63 bits per heavy atom. The second-order valence-electron chi connectivity index (χ2n) is 5.59. The Bertz CT molecular complexity index is 397. The number of ether oxygens (including phenoxy) is 2. The molecule has 1 aromatic rings. The maximum absolute atomic E-state index is 6.21. The number of methoxy groups -OCH3 is 1. The van der Waals surface area contributed by atoms with Crippen molar-refractivity contribution in [1.29, 1.82) is 0 Å². The number of para-hydroxylation sites is 1. The predicted molar refractivity (Wildman–Crippen MR) is 79.1 cm³/mol. The van der Waals surface area contributed by atoms with Crippen molar-refractivity contribution in [3.8, 4) is 11.5 Å². The normalized spacial score (nSPS) is 27.1. The first kappa shape index (κ1) is 14.5. The number of alkyl halides is 1. The molecule has 0 amide bonds. The van der Waals surface area contributed by atoms with E-state index in [-0.39, 0.29) is 6.10 Å². The number of hydrogen-bond acceptors (Lipinski definition) is 2. The first-order valence-electron chi connectivity index (χ1n) is 7.04. The van der Waals surface area contributed by atoms with Crippen LogP contribution in [-0.2, 0) is 5.88 Å². The Labute approximate surface area is 121 Å². The minimum atomic E-state index is 0.282. The molecule has 1 saturated carbocycles. The van der Waals surface area contributed by atoms with Gasteiger partial charge in [0.1, 0.15) is 0 Å². The molecule has 19 heavy (non-hydrogen) atoms. The van der Waals surface area contributed by atoms with Gasteiger partial charge in [0.25, 0.3) is 0 Å². The molecule has 0 saturated heterocycles. The molecule has 2 rings (SSSR count). The molecule has 0 bridgehead atoms. The third-order valence-electron chi connectivity index (χ3n) is 4.26. The van der Waals surface area contributed by atoms with Crippen LogP contribution in [0.2, 0.25) is 0 Å². The fourth-order valence-electron chi connectivity index (χ4n) is 2.73. The molecule has 0 aromatic heterocycles. The Morgan fingerprint density at radius 2 is 2.00 bits per heavy atom. The molecule has 0 spiro atoms. The Kier molecular flexibility index (Phi) is 4.98. The van der Waals surface area contributed by atoms with E-state index in [0.717, 1.165) is 35.8 Å².